The van der Waals surface area contributed by atoms with Gasteiger partial charge in [-0.1, -0.05) is 11.6 Å². The Kier molecular flexibility index (Phi) is 8.86. The number of hydrogen-bond acceptors (Lipinski definition) is 10. The summed E-state index contributed by atoms with van der Waals surface area (Å²) < 4.78 is 21.2. The highest BCUT2D eigenvalue weighted by atomic mass is 35.5. The second-order valence-electron chi connectivity index (χ2n) is 10.8. The zero-order chi connectivity index (χ0) is 32.5. The number of carboxylic acids is 1. The van der Waals surface area contributed by atoms with E-state index in [1.807, 2.05) is 9.80 Å². The van der Waals surface area contributed by atoms with E-state index in [1.54, 1.807) is 49.7 Å². The smallest absolute Gasteiger partial charge is 0.338 e. The molecule has 0 unspecified atom stereocenters. The predicted molar refractivity (Wildman–Crippen MR) is 175 cm³/mol. The molecule has 11 nitrogen and oxygen atoms in total. The topological polar surface area (TPSA) is 137 Å². The Bertz CT molecular complexity index is 2090. The number of rotatable bonds is 9. The molecule has 0 aliphatic carbocycles. The first-order valence-electron chi connectivity index (χ1n) is 14.6. The molecule has 1 N–H and O–H groups in total. The molecule has 46 heavy (non-hydrogen) atoms. The second kappa shape index (κ2) is 13.0. The monoisotopic (exact) mass is 661 g/mol. The third-order valence-electron chi connectivity index (χ3n) is 8.12. The van der Waals surface area contributed by atoms with E-state index < -0.39 is 12.6 Å². The first kappa shape index (κ1) is 31.3. The minimum absolute atomic E-state index is 0.0942. The van der Waals surface area contributed by atoms with E-state index in [2.05, 4.69) is 21.0 Å². The van der Waals surface area contributed by atoms with E-state index >= 15 is 0 Å². The first-order chi connectivity index (χ1) is 22.2. The number of ether oxygens (including phenoxy) is 1. The van der Waals surface area contributed by atoms with E-state index in [0.717, 1.165) is 5.56 Å². The summed E-state index contributed by atoms with van der Waals surface area (Å²) in [5.41, 5.74) is 2.62. The number of aryl methyl sites for hydroxylation is 2. The van der Waals surface area contributed by atoms with Crippen molar-refractivity contribution in [1.29, 1.82) is 5.26 Å². The molecule has 5 heterocycles. The van der Waals surface area contributed by atoms with Gasteiger partial charge in [0.25, 0.3) is 5.56 Å². The highest BCUT2D eigenvalue weighted by Gasteiger charge is 2.25. The minimum atomic E-state index is -1.06. The Balaban J connectivity index is 1.31. The average molecular weight is 662 g/mol. The van der Waals surface area contributed by atoms with Crippen LogP contribution in [0.25, 0.3) is 32.2 Å². The molecule has 6 rings (SSSR count). The molecule has 1 fully saturated rings. The van der Waals surface area contributed by atoms with Crippen LogP contribution in [-0.4, -0.2) is 81.5 Å². The fourth-order valence-corrected chi connectivity index (χ4v) is 7.01. The van der Waals surface area contributed by atoms with Crippen molar-refractivity contribution in [2.24, 2.45) is 0 Å². The molecule has 1 saturated heterocycles. The molecule has 0 bridgehead atoms. The molecule has 0 saturated carbocycles. The molecule has 14 heteroatoms. The molecule has 0 atom stereocenters. The summed E-state index contributed by atoms with van der Waals surface area (Å²) in [6.45, 7) is 6.07. The van der Waals surface area contributed by atoms with Gasteiger partial charge in [0.05, 0.1) is 33.4 Å². The van der Waals surface area contributed by atoms with Crippen molar-refractivity contribution < 1.29 is 19.0 Å². The number of anilines is 1. The number of alkyl halides is 1. The summed E-state index contributed by atoms with van der Waals surface area (Å²) in [6, 6.07) is 9.15. The number of halogens is 2. The van der Waals surface area contributed by atoms with Crippen molar-refractivity contribution in [1.82, 2.24) is 24.4 Å². The SMILES string of the molecule is Cc1nc(N2CCN(CCF)CC2)c(C#N)c2c(=O)n(CCOc3ccc(Cl)cc3-c3ccnc4c(C(=O)O)csc34)c(C)nc12. The molecule has 236 valence electrons. The van der Waals surface area contributed by atoms with Crippen LogP contribution >= 0.6 is 22.9 Å². The van der Waals surface area contributed by atoms with Gasteiger partial charge in [-0.15, -0.1) is 11.3 Å². The number of hydrogen-bond donors (Lipinski definition) is 1. The molecular formula is C32H29ClFN7O4S. The second-order valence-corrected chi connectivity index (χ2v) is 12.2. The van der Waals surface area contributed by atoms with E-state index in [-0.39, 0.29) is 35.2 Å². The maximum Gasteiger partial charge on any atom is 0.338 e. The Hall–Kier alpha value is -4.64. The van der Waals surface area contributed by atoms with Gasteiger partial charge in [-0.3, -0.25) is 19.2 Å². The zero-order valence-electron chi connectivity index (χ0n) is 25.1. The van der Waals surface area contributed by atoms with Gasteiger partial charge < -0.3 is 14.7 Å². The maximum absolute atomic E-state index is 14.0. The molecule has 0 amide bonds. The summed E-state index contributed by atoms with van der Waals surface area (Å²) in [4.78, 5) is 43.3. The predicted octanol–water partition coefficient (Wildman–Crippen LogP) is 5.08. The number of pyridine rings is 2. The lowest BCUT2D eigenvalue weighted by atomic mass is 10.0. The van der Waals surface area contributed by atoms with Crippen LogP contribution in [0.1, 0.15) is 27.4 Å². The Morgan fingerprint density at radius 1 is 1.13 bits per heavy atom. The quantitative estimate of drug-likeness (QED) is 0.228. The number of thiophene rings is 1. The molecule has 5 aromatic rings. The van der Waals surface area contributed by atoms with Crippen LogP contribution in [0.3, 0.4) is 0 Å². The summed E-state index contributed by atoms with van der Waals surface area (Å²) in [5, 5.41) is 22.0. The lowest BCUT2D eigenvalue weighted by Gasteiger charge is -2.35. The summed E-state index contributed by atoms with van der Waals surface area (Å²) >= 11 is 7.64. The largest absolute Gasteiger partial charge is 0.491 e. The molecule has 0 spiro atoms. The van der Waals surface area contributed by atoms with Crippen LogP contribution < -0.4 is 15.2 Å². The number of fused-ring (bicyclic) bond motifs is 2. The highest BCUT2D eigenvalue weighted by molar-refractivity contribution is 7.18. The molecule has 1 aliphatic heterocycles. The molecule has 0 radical (unpaired) electrons. The number of aromatic nitrogens is 4. The van der Waals surface area contributed by atoms with Gasteiger partial charge in [0, 0.05) is 60.5 Å². The van der Waals surface area contributed by atoms with E-state index in [4.69, 9.17) is 16.3 Å². The Morgan fingerprint density at radius 2 is 1.91 bits per heavy atom. The third-order valence-corrected chi connectivity index (χ3v) is 9.36. The number of nitriles is 1. The van der Waals surface area contributed by atoms with Crippen molar-refractivity contribution in [3.05, 3.63) is 73.9 Å². The molecule has 4 aromatic heterocycles. The van der Waals surface area contributed by atoms with Crippen molar-refractivity contribution >= 4 is 55.8 Å². The van der Waals surface area contributed by atoms with E-state index in [9.17, 15) is 24.3 Å². The molecular weight excluding hydrogens is 633 g/mol. The lowest BCUT2D eigenvalue weighted by Crippen LogP contribution is -2.47. The summed E-state index contributed by atoms with van der Waals surface area (Å²) in [6.07, 6.45) is 1.55. The van der Waals surface area contributed by atoms with Gasteiger partial charge in [0.1, 0.15) is 47.8 Å². The zero-order valence-corrected chi connectivity index (χ0v) is 26.7. The van der Waals surface area contributed by atoms with Gasteiger partial charge in [-0.2, -0.15) is 5.26 Å². The normalized spacial score (nSPS) is 13.8. The van der Waals surface area contributed by atoms with Gasteiger partial charge in [-0.25, -0.2) is 19.2 Å². The standard InChI is InChI=1S/C32H29ClFN7O4S/c1-18-27-26(23(16-35)30(37-18)40-11-9-39(8-6-34)10-12-40)31(42)41(19(2)38-27)13-14-45-25-4-3-20(33)15-22(25)21-5-7-36-28-24(32(43)44)17-46-29(21)28/h3-5,7,15,17H,6,8-14H2,1-2H3,(H,43,44). The lowest BCUT2D eigenvalue weighted by molar-refractivity contribution is 0.0699. The van der Waals surface area contributed by atoms with E-state index in [0.29, 0.717) is 82.1 Å². The fourth-order valence-electron chi connectivity index (χ4n) is 5.81. The Labute approximate surface area is 272 Å². The van der Waals surface area contributed by atoms with Crippen LogP contribution in [0.15, 0.2) is 40.6 Å². The van der Waals surface area contributed by atoms with Gasteiger partial charge >= 0.3 is 5.97 Å². The van der Waals surface area contributed by atoms with Crippen LogP contribution in [0.2, 0.25) is 5.02 Å². The summed E-state index contributed by atoms with van der Waals surface area (Å²) in [7, 11) is 0. The number of aromatic carboxylic acids is 1. The Morgan fingerprint density at radius 3 is 2.63 bits per heavy atom. The third kappa shape index (κ3) is 5.75. The molecule has 1 aromatic carbocycles. The van der Waals surface area contributed by atoms with E-state index in [1.165, 1.54) is 15.9 Å². The fraction of sp³-hybridized carbons (Fsp3) is 0.312. The van der Waals surface area contributed by atoms with Crippen molar-refractivity contribution in [3.63, 3.8) is 0 Å². The number of carbonyl (C=O) groups is 1. The van der Waals surface area contributed by atoms with Crippen LogP contribution in [0.5, 0.6) is 5.75 Å². The minimum Gasteiger partial charge on any atom is -0.491 e. The van der Waals surface area contributed by atoms with Crippen LogP contribution in [-0.2, 0) is 6.54 Å². The number of piperazine rings is 1. The van der Waals surface area contributed by atoms with Crippen LogP contribution in [0.4, 0.5) is 10.2 Å². The van der Waals surface area contributed by atoms with Gasteiger partial charge in [-0.05, 0) is 38.1 Å². The molecule has 1 aliphatic rings. The first-order valence-corrected chi connectivity index (χ1v) is 15.8. The van der Waals surface area contributed by atoms with Crippen molar-refractivity contribution in [2.45, 2.75) is 20.4 Å². The number of nitrogens with zero attached hydrogens (tertiary/aromatic N) is 7. The average Bonchev–Trinajstić information content (AvgIpc) is 3.49. The maximum atomic E-state index is 14.0. The van der Waals surface area contributed by atoms with Gasteiger partial charge in [0.2, 0.25) is 0 Å². The van der Waals surface area contributed by atoms with Crippen molar-refractivity contribution in [2.75, 3.05) is 50.9 Å². The van der Waals surface area contributed by atoms with Crippen LogP contribution in [0, 0.1) is 25.2 Å². The number of benzene rings is 1. The summed E-state index contributed by atoms with van der Waals surface area (Å²) in [5.74, 6) is 0.326. The van der Waals surface area contributed by atoms with Crippen molar-refractivity contribution in [3.8, 4) is 22.9 Å². The number of carboxylic acid groups (broad SMARTS) is 1. The highest BCUT2D eigenvalue weighted by Crippen LogP contribution is 2.39. The van der Waals surface area contributed by atoms with Gasteiger partial charge in [0.15, 0.2) is 0 Å².